The minimum atomic E-state index is -3.20. The van der Waals surface area contributed by atoms with Gasteiger partial charge >= 0.3 is 0 Å². The third kappa shape index (κ3) is 4.15. The molecule has 1 aromatic carbocycles. The van der Waals surface area contributed by atoms with Gasteiger partial charge in [0.05, 0.1) is 24.5 Å². The zero-order valence-electron chi connectivity index (χ0n) is 16.4. The molecule has 1 N–H and O–H groups in total. The van der Waals surface area contributed by atoms with Crippen molar-refractivity contribution in [2.24, 2.45) is 13.0 Å². The molecule has 0 atom stereocenters. The highest BCUT2D eigenvalue weighted by atomic mass is 32.2. The lowest BCUT2D eigenvalue weighted by molar-refractivity contribution is -0.120. The summed E-state index contributed by atoms with van der Waals surface area (Å²) in [7, 11) is -1.26. The van der Waals surface area contributed by atoms with E-state index in [2.05, 4.69) is 15.3 Å². The van der Waals surface area contributed by atoms with E-state index in [0.717, 1.165) is 22.0 Å². The number of imidazole rings is 1. The molecular weight excluding hydrogens is 390 g/mol. The fourth-order valence-electron chi connectivity index (χ4n) is 3.68. The van der Waals surface area contributed by atoms with Gasteiger partial charge in [0, 0.05) is 43.2 Å². The first kappa shape index (κ1) is 19.5. The van der Waals surface area contributed by atoms with Crippen LogP contribution in [0, 0.1) is 5.92 Å². The molecule has 0 bridgehead atoms. The van der Waals surface area contributed by atoms with Gasteiger partial charge in [0.2, 0.25) is 15.9 Å². The van der Waals surface area contributed by atoms with Crippen molar-refractivity contribution in [3.63, 3.8) is 0 Å². The molecule has 1 aliphatic heterocycles. The van der Waals surface area contributed by atoms with Crippen LogP contribution >= 0.6 is 0 Å². The number of nitrogens with one attached hydrogen (secondary N) is 1. The summed E-state index contributed by atoms with van der Waals surface area (Å²) < 4.78 is 26.6. The zero-order valence-corrected chi connectivity index (χ0v) is 17.2. The number of aryl methyl sites for hydroxylation is 1. The molecule has 0 spiro atoms. The molecule has 0 unspecified atom stereocenters. The number of anilines is 1. The lowest BCUT2D eigenvalue weighted by Gasteiger charge is -2.29. The predicted octanol–water partition coefficient (Wildman–Crippen LogP) is 2.25. The van der Waals surface area contributed by atoms with Crippen LogP contribution < -0.4 is 5.32 Å². The quantitative estimate of drug-likeness (QED) is 0.708. The second-order valence-corrected chi connectivity index (χ2v) is 9.43. The largest absolute Gasteiger partial charge is 0.334 e. The highest BCUT2D eigenvalue weighted by Crippen LogP contribution is 2.26. The molecule has 9 heteroatoms. The van der Waals surface area contributed by atoms with Crippen LogP contribution in [0.1, 0.15) is 12.8 Å². The normalized spacial score (nSPS) is 16.2. The average Bonchev–Trinajstić information content (AvgIpc) is 3.13. The smallest absolute Gasteiger partial charge is 0.228 e. The van der Waals surface area contributed by atoms with Gasteiger partial charge in [-0.3, -0.25) is 4.79 Å². The molecule has 29 heavy (non-hydrogen) atoms. The number of amides is 1. The molecule has 8 nitrogen and oxygen atoms in total. The Morgan fingerprint density at radius 1 is 1.14 bits per heavy atom. The number of aromatic nitrogens is 3. The van der Waals surface area contributed by atoms with Crippen molar-refractivity contribution in [2.75, 3.05) is 24.7 Å². The summed E-state index contributed by atoms with van der Waals surface area (Å²) in [6.07, 6.45) is 7.53. The van der Waals surface area contributed by atoms with E-state index >= 15 is 0 Å². The Labute approximate surface area is 169 Å². The predicted molar refractivity (Wildman–Crippen MR) is 112 cm³/mol. The maximum atomic E-state index is 12.6. The number of pyridine rings is 1. The van der Waals surface area contributed by atoms with Crippen molar-refractivity contribution in [2.45, 2.75) is 12.8 Å². The van der Waals surface area contributed by atoms with Crippen molar-refractivity contribution >= 4 is 32.5 Å². The maximum Gasteiger partial charge on any atom is 0.228 e. The maximum absolute atomic E-state index is 12.6. The minimum Gasteiger partial charge on any atom is -0.334 e. The number of nitrogens with zero attached hydrogens (tertiary/aromatic N) is 4. The SMILES string of the molecule is Cn1cncc1-c1ccc2cnc(NC(=O)C3CCN(S(C)(=O)=O)CC3)cc2c1. The first-order valence-electron chi connectivity index (χ1n) is 9.44. The van der Waals surface area contributed by atoms with Crippen LogP contribution in [0.3, 0.4) is 0 Å². The number of hydrogen-bond donors (Lipinski definition) is 1. The van der Waals surface area contributed by atoms with Gasteiger partial charge in [-0.05, 0) is 30.4 Å². The summed E-state index contributed by atoms with van der Waals surface area (Å²) in [5.74, 6) is 0.161. The number of fused-ring (bicyclic) bond motifs is 1. The molecule has 1 fully saturated rings. The zero-order chi connectivity index (χ0) is 20.6. The van der Waals surface area contributed by atoms with Gasteiger partial charge in [0.25, 0.3) is 0 Å². The second-order valence-electron chi connectivity index (χ2n) is 7.45. The van der Waals surface area contributed by atoms with Gasteiger partial charge in [-0.25, -0.2) is 22.7 Å². The Balaban J connectivity index is 1.49. The summed E-state index contributed by atoms with van der Waals surface area (Å²) in [4.78, 5) is 21.1. The number of sulfonamides is 1. The van der Waals surface area contributed by atoms with E-state index in [4.69, 9.17) is 0 Å². The topological polar surface area (TPSA) is 97.2 Å². The van der Waals surface area contributed by atoms with E-state index in [0.29, 0.717) is 31.7 Å². The molecule has 152 valence electrons. The van der Waals surface area contributed by atoms with Crippen LogP contribution in [-0.4, -0.2) is 52.5 Å². The van der Waals surface area contributed by atoms with Gasteiger partial charge in [0.15, 0.2) is 0 Å². The van der Waals surface area contributed by atoms with E-state index in [9.17, 15) is 13.2 Å². The summed E-state index contributed by atoms with van der Waals surface area (Å²) in [5.41, 5.74) is 2.04. The second kappa shape index (κ2) is 7.57. The molecule has 1 saturated heterocycles. The van der Waals surface area contributed by atoms with Crippen molar-refractivity contribution in [3.8, 4) is 11.3 Å². The Bertz CT molecular complexity index is 1160. The molecule has 3 heterocycles. The number of piperidine rings is 1. The van der Waals surface area contributed by atoms with E-state index in [1.807, 2.05) is 42.1 Å². The molecule has 1 amide bonds. The first-order chi connectivity index (χ1) is 13.8. The van der Waals surface area contributed by atoms with Crippen LogP contribution in [0.25, 0.3) is 22.0 Å². The molecular formula is C20H23N5O3S. The Hall–Kier alpha value is -2.78. The lowest BCUT2D eigenvalue weighted by Crippen LogP contribution is -2.40. The molecule has 4 rings (SSSR count). The highest BCUT2D eigenvalue weighted by Gasteiger charge is 2.29. The molecule has 1 aliphatic rings. The fourth-order valence-corrected chi connectivity index (χ4v) is 4.56. The van der Waals surface area contributed by atoms with Crippen LogP contribution in [0.4, 0.5) is 5.82 Å². The number of hydrogen-bond acceptors (Lipinski definition) is 5. The Morgan fingerprint density at radius 2 is 1.90 bits per heavy atom. The van der Waals surface area contributed by atoms with E-state index in [1.165, 1.54) is 10.6 Å². The minimum absolute atomic E-state index is 0.118. The van der Waals surface area contributed by atoms with Gasteiger partial charge in [0.1, 0.15) is 5.82 Å². The van der Waals surface area contributed by atoms with Crippen LogP contribution in [-0.2, 0) is 21.9 Å². The summed E-state index contributed by atoms with van der Waals surface area (Å²) in [6, 6.07) is 7.93. The lowest BCUT2D eigenvalue weighted by atomic mass is 9.97. The van der Waals surface area contributed by atoms with Gasteiger partial charge in [-0.1, -0.05) is 12.1 Å². The van der Waals surface area contributed by atoms with Gasteiger partial charge < -0.3 is 9.88 Å². The number of carbonyl (C=O) groups is 1. The van der Waals surface area contributed by atoms with Crippen molar-refractivity contribution in [1.82, 2.24) is 18.8 Å². The summed E-state index contributed by atoms with van der Waals surface area (Å²) in [5, 5.41) is 4.84. The van der Waals surface area contributed by atoms with Crippen LogP contribution in [0.2, 0.25) is 0 Å². The Morgan fingerprint density at radius 3 is 2.55 bits per heavy atom. The molecule has 0 aliphatic carbocycles. The van der Waals surface area contributed by atoms with E-state index in [-0.39, 0.29) is 11.8 Å². The first-order valence-corrected chi connectivity index (χ1v) is 11.3. The van der Waals surface area contributed by atoms with E-state index in [1.54, 1.807) is 12.5 Å². The van der Waals surface area contributed by atoms with Crippen LogP contribution in [0.15, 0.2) is 43.0 Å². The van der Waals surface area contributed by atoms with Crippen molar-refractivity contribution < 1.29 is 13.2 Å². The molecule has 3 aromatic rings. The van der Waals surface area contributed by atoms with Gasteiger partial charge in [-0.2, -0.15) is 0 Å². The standard InChI is InChI=1S/C20H23N5O3S/c1-24-13-21-12-18(24)15-3-4-16-11-22-19(10-17(16)9-15)23-20(26)14-5-7-25(8-6-14)29(2,27)28/h3-4,9-14H,5-8H2,1-2H3,(H,22,23,26). The third-order valence-electron chi connectivity index (χ3n) is 5.38. The number of benzene rings is 1. The van der Waals surface area contributed by atoms with Gasteiger partial charge in [-0.15, -0.1) is 0 Å². The highest BCUT2D eigenvalue weighted by molar-refractivity contribution is 7.88. The molecule has 2 aromatic heterocycles. The molecule has 0 radical (unpaired) electrons. The summed E-state index contributed by atoms with van der Waals surface area (Å²) in [6.45, 7) is 0.742. The third-order valence-corrected chi connectivity index (χ3v) is 6.68. The van der Waals surface area contributed by atoms with Crippen molar-refractivity contribution in [1.29, 1.82) is 0 Å². The summed E-state index contributed by atoms with van der Waals surface area (Å²) >= 11 is 0. The Kier molecular flexibility index (Phi) is 5.10. The average molecular weight is 414 g/mol. The molecule has 0 saturated carbocycles. The number of carbonyl (C=O) groups excluding carboxylic acids is 1. The van der Waals surface area contributed by atoms with Crippen molar-refractivity contribution in [3.05, 3.63) is 43.0 Å². The fraction of sp³-hybridized carbons (Fsp3) is 0.350. The monoisotopic (exact) mass is 413 g/mol. The number of rotatable bonds is 4. The van der Waals surface area contributed by atoms with E-state index < -0.39 is 10.0 Å². The van der Waals surface area contributed by atoms with Crippen LogP contribution in [0.5, 0.6) is 0 Å².